The molecule has 2 aromatic rings. The van der Waals surface area contributed by atoms with Gasteiger partial charge in [-0.15, -0.1) is 0 Å². The molecule has 0 saturated heterocycles. The lowest BCUT2D eigenvalue weighted by Crippen LogP contribution is -2.13. The van der Waals surface area contributed by atoms with Gasteiger partial charge in [-0.1, -0.05) is 12.1 Å². The first-order valence-electron chi connectivity index (χ1n) is 6.77. The molecule has 0 fully saturated rings. The van der Waals surface area contributed by atoms with Crippen molar-refractivity contribution in [2.75, 3.05) is 0 Å². The van der Waals surface area contributed by atoms with Crippen LogP contribution in [0.1, 0.15) is 40.1 Å². The summed E-state index contributed by atoms with van der Waals surface area (Å²) in [4.78, 5) is 24.3. The van der Waals surface area contributed by atoms with E-state index in [9.17, 15) is 19.8 Å². The predicted molar refractivity (Wildman–Crippen MR) is 80.2 cm³/mol. The number of benzene rings is 2. The van der Waals surface area contributed by atoms with Crippen LogP contribution >= 0.6 is 0 Å². The molecule has 2 N–H and O–H groups in total. The number of esters is 1. The minimum atomic E-state index is -0.709. The minimum Gasteiger partial charge on any atom is -0.507 e. The molecule has 2 aromatic carbocycles. The first-order valence-corrected chi connectivity index (χ1v) is 6.77. The monoisotopic (exact) mass is 300 g/mol. The average molecular weight is 300 g/mol. The summed E-state index contributed by atoms with van der Waals surface area (Å²) in [6.07, 6.45) is -0.343. The van der Waals surface area contributed by atoms with Crippen LogP contribution in [0.5, 0.6) is 11.5 Å². The van der Waals surface area contributed by atoms with Gasteiger partial charge in [0.25, 0.3) is 0 Å². The molecule has 5 nitrogen and oxygen atoms in total. The van der Waals surface area contributed by atoms with Gasteiger partial charge in [0.15, 0.2) is 5.78 Å². The van der Waals surface area contributed by atoms with E-state index in [4.69, 9.17) is 4.74 Å². The van der Waals surface area contributed by atoms with Crippen molar-refractivity contribution in [1.82, 2.24) is 0 Å². The Hall–Kier alpha value is -2.82. The number of rotatable bonds is 4. The van der Waals surface area contributed by atoms with Crippen LogP contribution in [0.25, 0.3) is 0 Å². The molecule has 0 spiro atoms. The molecule has 0 unspecified atom stereocenters. The molecule has 0 heterocycles. The van der Waals surface area contributed by atoms with E-state index in [1.165, 1.54) is 30.3 Å². The third kappa shape index (κ3) is 3.25. The van der Waals surface area contributed by atoms with E-state index in [0.29, 0.717) is 0 Å². The molecule has 0 aliphatic carbocycles. The Labute approximate surface area is 127 Å². The van der Waals surface area contributed by atoms with Crippen molar-refractivity contribution in [3.05, 3.63) is 59.2 Å². The summed E-state index contributed by atoms with van der Waals surface area (Å²) >= 11 is 0. The maximum Gasteiger partial charge on any atom is 0.342 e. The van der Waals surface area contributed by atoms with Gasteiger partial charge >= 0.3 is 5.97 Å². The van der Waals surface area contributed by atoms with Gasteiger partial charge in [0, 0.05) is 5.56 Å². The van der Waals surface area contributed by atoms with Crippen molar-refractivity contribution >= 4 is 11.8 Å². The molecule has 0 bridgehead atoms. The highest BCUT2D eigenvalue weighted by molar-refractivity contribution is 6.11. The molecule has 0 saturated carbocycles. The van der Waals surface area contributed by atoms with E-state index in [1.54, 1.807) is 26.0 Å². The highest BCUT2D eigenvalue weighted by Gasteiger charge is 2.19. The topological polar surface area (TPSA) is 83.8 Å². The van der Waals surface area contributed by atoms with Gasteiger partial charge in [-0.2, -0.15) is 0 Å². The molecule has 0 atom stereocenters. The quantitative estimate of drug-likeness (QED) is 0.670. The second kappa shape index (κ2) is 6.30. The van der Waals surface area contributed by atoms with Crippen LogP contribution in [-0.2, 0) is 4.74 Å². The molecule has 0 aliphatic rings. The zero-order valence-corrected chi connectivity index (χ0v) is 12.2. The van der Waals surface area contributed by atoms with Gasteiger partial charge in [-0.3, -0.25) is 4.79 Å². The maximum absolute atomic E-state index is 12.4. The highest BCUT2D eigenvalue weighted by Crippen LogP contribution is 2.24. The molecule has 0 radical (unpaired) electrons. The number of hydrogen-bond acceptors (Lipinski definition) is 5. The van der Waals surface area contributed by atoms with E-state index in [0.717, 1.165) is 0 Å². The van der Waals surface area contributed by atoms with E-state index in [-0.39, 0.29) is 34.3 Å². The number of para-hydroxylation sites is 1. The average Bonchev–Trinajstić information content (AvgIpc) is 2.46. The Bertz CT molecular complexity index is 719. The lowest BCUT2D eigenvalue weighted by atomic mass is 10.00. The summed E-state index contributed by atoms with van der Waals surface area (Å²) in [6, 6.07) is 10.0. The van der Waals surface area contributed by atoms with Gasteiger partial charge in [0.1, 0.15) is 17.1 Å². The molecular formula is C17H16O5. The second-order valence-corrected chi connectivity index (χ2v) is 5.03. The van der Waals surface area contributed by atoms with Crippen molar-refractivity contribution in [2.24, 2.45) is 0 Å². The lowest BCUT2D eigenvalue weighted by molar-refractivity contribution is 0.0374. The van der Waals surface area contributed by atoms with Crippen LogP contribution in [-0.4, -0.2) is 28.1 Å². The van der Waals surface area contributed by atoms with Gasteiger partial charge in [0.05, 0.1) is 11.7 Å². The zero-order valence-electron chi connectivity index (χ0n) is 12.2. The van der Waals surface area contributed by atoms with Crippen LogP contribution in [0, 0.1) is 0 Å². The van der Waals surface area contributed by atoms with Gasteiger partial charge in [-0.25, -0.2) is 4.79 Å². The molecule has 114 valence electrons. The lowest BCUT2D eigenvalue weighted by Gasteiger charge is -2.10. The van der Waals surface area contributed by atoms with Crippen molar-refractivity contribution in [3.8, 4) is 11.5 Å². The van der Waals surface area contributed by atoms with Crippen LogP contribution in [0.15, 0.2) is 42.5 Å². The number of ether oxygens (including phenoxy) is 1. The summed E-state index contributed by atoms with van der Waals surface area (Å²) in [5.74, 6) is -1.57. The first kappa shape index (κ1) is 15.6. The third-order valence-electron chi connectivity index (χ3n) is 2.97. The molecule has 2 rings (SSSR count). The number of carbonyl (C=O) groups excluding carboxylic acids is 2. The fourth-order valence-corrected chi connectivity index (χ4v) is 1.94. The SMILES string of the molecule is CC(C)OC(=O)c1cc(C(=O)c2ccccc2O)ccc1O. The molecule has 22 heavy (non-hydrogen) atoms. The fraction of sp³-hybridized carbons (Fsp3) is 0.176. The van der Waals surface area contributed by atoms with E-state index < -0.39 is 11.8 Å². The van der Waals surface area contributed by atoms with Crippen molar-refractivity contribution in [2.45, 2.75) is 20.0 Å². The van der Waals surface area contributed by atoms with Crippen LogP contribution in [0.3, 0.4) is 0 Å². The van der Waals surface area contributed by atoms with Crippen LogP contribution < -0.4 is 0 Å². The number of carbonyl (C=O) groups is 2. The Balaban J connectivity index is 2.39. The summed E-state index contributed by atoms with van der Waals surface area (Å²) in [6.45, 7) is 3.37. The molecule has 0 aliphatic heterocycles. The number of phenolic OH excluding ortho intramolecular Hbond substituents is 2. The standard InChI is InChI=1S/C17H16O5/c1-10(2)22-17(21)13-9-11(7-8-15(13)19)16(20)12-5-3-4-6-14(12)18/h3-10,18-19H,1-2H3. The van der Waals surface area contributed by atoms with Crippen molar-refractivity contribution < 1.29 is 24.5 Å². The number of ketones is 1. The smallest absolute Gasteiger partial charge is 0.342 e. The van der Waals surface area contributed by atoms with Crippen LogP contribution in [0.2, 0.25) is 0 Å². The molecule has 5 heteroatoms. The van der Waals surface area contributed by atoms with Gasteiger partial charge in [-0.05, 0) is 44.2 Å². The van der Waals surface area contributed by atoms with Gasteiger partial charge in [0.2, 0.25) is 0 Å². The summed E-state index contributed by atoms with van der Waals surface area (Å²) < 4.78 is 5.02. The summed E-state index contributed by atoms with van der Waals surface area (Å²) in [7, 11) is 0. The fourth-order valence-electron chi connectivity index (χ4n) is 1.94. The zero-order chi connectivity index (χ0) is 16.3. The van der Waals surface area contributed by atoms with E-state index >= 15 is 0 Å². The predicted octanol–water partition coefficient (Wildman–Crippen LogP) is 2.89. The van der Waals surface area contributed by atoms with E-state index in [2.05, 4.69) is 0 Å². The highest BCUT2D eigenvalue weighted by atomic mass is 16.5. The first-order chi connectivity index (χ1) is 10.4. The molecule has 0 aromatic heterocycles. The molecular weight excluding hydrogens is 284 g/mol. The maximum atomic E-state index is 12.4. The number of phenols is 2. The Morgan fingerprint density at radius 1 is 0.955 bits per heavy atom. The van der Waals surface area contributed by atoms with Crippen LogP contribution in [0.4, 0.5) is 0 Å². The summed E-state index contributed by atoms with van der Waals surface area (Å²) in [5, 5.41) is 19.5. The van der Waals surface area contributed by atoms with Crippen molar-refractivity contribution in [1.29, 1.82) is 0 Å². The summed E-state index contributed by atoms with van der Waals surface area (Å²) in [5.41, 5.74) is 0.210. The van der Waals surface area contributed by atoms with Gasteiger partial charge < -0.3 is 14.9 Å². The van der Waals surface area contributed by atoms with E-state index in [1.807, 2.05) is 0 Å². The molecule has 0 amide bonds. The number of hydrogen-bond donors (Lipinski definition) is 2. The van der Waals surface area contributed by atoms with Crippen molar-refractivity contribution in [3.63, 3.8) is 0 Å². The number of aromatic hydroxyl groups is 2. The third-order valence-corrected chi connectivity index (χ3v) is 2.97. The Kier molecular flexibility index (Phi) is 4.46. The Morgan fingerprint density at radius 3 is 2.23 bits per heavy atom. The second-order valence-electron chi connectivity index (χ2n) is 5.03. The largest absolute Gasteiger partial charge is 0.507 e. The Morgan fingerprint density at radius 2 is 1.59 bits per heavy atom. The normalized spacial score (nSPS) is 10.5. The minimum absolute atomic E-state index is 0.0880.